The number of hydrogen-bond donors (Lipinski definition) is 1. The van der Waals surface area contributed by atoms with E-state index in [0.29, 0.717) is 13.1 Å². The summed E-state index contributed by atoms with van der Waals surface area (Å²) >= 11 is 0. The average molecular weight is 248 g/mol. The Balaban J connectivity index is 2.10. The number of rotatable bonds is 2. The first-order chi connectivity index (χ1) is 8.47. The zero-order chi connectivity index (χ0) is 13.3. The summed E-state index contributed by atoms with van der Waals surface area (Å²) in [5, 5.41) is 0. The van der Waals surface area contributed by atoms with Crippen LogP contribution >= 0.6 is 0 Å². The lowest BCUT2D eigenvalue weighted by Crippen LogP contribution is -2.31. The SMILES string of the molecule is CC(C)=CC(=O)N1C[C@H](c2ccc(C)o2)[C@@H](N)C1. The monoisotopic (exact) mass is 248 g/mol. The molecule has 98 valence electrons. The van der Waals surface area contributed by atoms with Gasteiger partial charge < -0.3 is 15.1 Å². The molecule has 2 atom stereocenters. The number of furan rings is 1. The van der Waals surface area contributed by atoms with Crippen molar-refractivity contribution in [1.82, 2.24) is 4.90 Å². The maximum Gasteiger partial charge on any atom is 0.246 e. The van der Waals surface area contributed by atoms with Crippen molar-refractivity contribution in [2.45, 2.75) is 32.7 Å². The molecule has 0 aromatic carbocycles. The predicted molar refractivity (Wildman–Crippen MR) is 70.2 cm³/mol. The van der Waals surface area contributed by atoms with Crippen LogP contribution in [0.3, 0.4) is 0 Å². The van der Waals surface area contributed by atoms with Crippen LogP contribution in [-0.4, -0.2) is 29.9 Å². The Bertz CT molecular complexity index is 472. The van der Waals surface area contributed by atoms with Gasteiger partial charge in [0.15, 0.2) is 0 Å². The number of allylic oxidation sites excluding steroid dienone is 1. The number of hydrogen-bond acceptors (Lipinski definition) is 3. The van der Waals surface area contributed by atoms with E-state index in [2.05, 4.69) is 0 Å². The van der Waals surface area contributed by atoms with Crippen LogP contribution in [0.25, 0.3) is 0 Å². The second-order valence-electron chi connectivity index (χ2n) is 5.18. The quantitative estimate of drug-likeness (QED) is 0.812. The molecule has 2 rings (SSSR count). The zero-order valence-corrected chi connectivity index (χ0v) is 11.1. The van der Waals surface area contributed by atoms with Crippen molar-refractivity contribution < 1.29 is 9.21 Å². The van der Waals surface area contributed by atoms with E-state index in [1.165, 1.54) is 0 Å². The number of aryl methyl sites for hydroxylation is 1. The molecule has 1 saturated heterocycles. The van der Waals surface area contributed by atoms with Gasteiger partial charge in [0.2, 0.25) is 5.91 Å². The summed E-state index contributed by atoms with van der Waals surface area (Å²) < 4.78 is 5.61. The van der Waals surface area contributed by atoms with E-state index in [4.69, 9.17) is 10.2 Å². The van der Waals surface area contributed by atoms with E-state index in [9.17, 15) is 4.79 Å². The molecule has 1 aromatic rings. The van der Waals surface area contributed by atoms with Crippen molar-refractivity contribution >= 4 is 5.91 Å². The Morgan fingerprint density at radius 1 is 1.44 bits per heavy atom. The number of amides is 1. The van der Waals surface area contributed by atoms with E-state index in [-0.39, 0.29) is 17.9 Å². The van der Waals surface area contributed by atoms with Crippen LogP contribution in [0.4, 0.5) is 0 Å². The highest BCUT2D eigenvalue weighted by Gasteiger charge is 2.34. The van der Waals surface area contributed by atoms with Gasteiger partial charge in [0.25, 0.3) is 0 Å². The first-order valence-electron chi connectivity index (χ1n) is 6.23. The third-order valence-corrected chi connectivity index (χ3v) is 3.22. The van der Waals surface area contributed by atoms with E-state index >= 15 is 0 Å². The first kappa shape index (κ1) is 12.9. The predicted octanol–water partition coefficient (Wildman–Crippen LogP) is 1.81. The Hall–Kier alpha value is -1.55. The number of carbonyl (C=O) groups excluding carboxylic acids is 1. The van der Waals surface area contributed by atoms with E-state index < -0.39 is 0 Å². The first-order valence-corrected chi connectivity index (χ1v) is 6.23. The van der Waals surface area contributed by atoms with Gasteiger partial charge in [0.05, 0.1) is 5.92 Å². The minimum atomic E-state index is -0.0509. The lowest BCUT2D eigenvalue weighted by Gasteiger charge is -2.13. The van der Waals surface area contributed by atoms with Crippen molar-refractivity contribution in [2.24, 2.45) is 5.73 Å². The highest BCUT2D eigenvalue weighted by Crippen LogP contribution is 2.28. The van der Waals surface area contributed by atoms with Gasteiger partial charge in [0.1, 0.15) is 11.5 Å². The molecule has 0 spiro atoms. The largest absolute Gasteiger partial charge is 0.466 e. The molecule has 0 saturated carbocycles. The van der Waals surface area contributed by atoms with Crippen LogP contribution in [0.2, 0.25) is 0 Å². The summed E-state index contributed by atoms with van der Waals surface area (Å²) in [7, 11) is 0. The number of nitrogens with two attached hydrogens (primary N) is 1. The second-order valence-corrected chi connectivity index (χ2v) is 5.18. The second kappa shape index (κ2) is 4.98. The lowest BCUT2D eigenvalue weighted by molar-refractivity contribution is -0.125. The molecule has 0 aliphatic carbocycles. The maximum atomic E-state index is 11.9. The molecule has 2 N–H and O–H groups in total. The summed E-state index contributed by atoms with van der Waals surface area (Å²) in [6, 6.07) is 3.84. The van der Waals surface area contributed by atoms with Crippen molar-refractivity contribution in [1.29, 1.82) is 0 Å². The molecular formula is C14H20N2O2. The normalized spacial score (nSPS) is 23.2. The van der Waals surface area contributed by atoms with Gasteiger partial charge in [-0.1, -0.05) is 5.57 Å². The number of nitrogens with zero attached hydrogens (tertiary/aromatic N) is 1. The zero-order valence-electron chi connectivity index (χ0n) is 11.1. The number of carbonyl (C=O) groups is 1. The maximum absolute atomic E-state index is 11.9. The Kier molecular flexibility index (Phi) is 3.57. The molecule has 1 fully saturated rings. The molecule has 4 heteroatoms. The highest BCUT2D eigenvalue weighted by atomic mass is 16.3. The molecule has 0 radical (unpaired) electrons. The summed E-state index contributed by atoms with van der Waals surface area (Å²) in [6.07, 6.45) is 1.66. The fourth-order valence-electron chi connectivity index (χ4n) is 2.30. The molecule has 1 aliphatic heterocycles. The van der Waals surface area contributed by atoms with Crippen LogP contribution in [-0.2, 0) is 4.79 Å². The van der Waals surface area contributed by atoms with Crippen LogP contribution in [0.1, 0.15) is 31.3 Å². The lowest BCUT2D eigenvalue weighted by atomic mass is 10.0. The highest BCUT2D eigenvalue weighted by molar-refractivity contribution is 5.88. The molecule has 2 heterocycles. The molecule has 1 aromatic heterocycles. The van der Waals surface area contributed by atoms with Crippen molar-refractivity contribution in [3.63, 3.8) is 0 Å². The topological polar surface area (TPSA) is 59.5 Å². The molecule has 0 unspecified atom stereocenters. The van der Waals surface area contributed by atoms with Gasteiger partial charge >= 0.3 is 0 Å². The Morgan fingerprint density at radius 2 is 2.17 bits per heavy atom. The fraction of sp³-hybridized carbons (Fsp3) is 0.500. The molecular weight excluding hydrogens is 228 g/mol. The van der Waals surface area contributed by atoms with Gasteiger partial charge in [-0.05, 0) is 32.9 Å². The van der Waals surface area contributed by atoms with Crippen LogP contribution in [0.15, 0.2) is 28.2 Å². The van der Waals surface area contributed by atoms with Crippen LogP contribution in [0, 0.1) is 6.92 Å². The third-order valence-electron chi connectivity index (χ3n) is 3.22. The van der Waals surface area contributed by atoms with Gasteiger partial charge in [-0.15, -0.1) is 0 Å². The summed E-state index contributed by atoms with van der Waals surface area (Å²) in [4.78, 5) is 13.7. The minimum Gasteiger partial charge on any atom is -0.466 e. The van der Waals surface area contributed by atoms with Gasteiger partial charge in [-0.2, -0.15) is 0 Å². The third kappa shape index (κ3) is 2.64. The van der Waals surface area contributed by atoms with E-state index in [1.807, 2.05) is 32.9 Å². The summed E-state index contributed by atoms with van der Waals surface area (Å²) in [5.41, 5.74) is 7.11. The van der Waals surface area contributed by atoms with Crippen molar-refractivity contribution in [3.05, 3.63) is 35.3 Å². The van der Waals surface area contributed by atoms with Gasteiger partial charge in [-0.25, -0.2) is 0 Å². The molecule has 18 heavy (non-hydrogen) atoms. The summed E-state index contributed by atoms with van der Waals surface area (Å²) in [5.74, 6) is 1.91. The van der Waals surface area contributed by atoms with Gasteiger partial charge in [0, 0.05) is 25.2 Å². The average Bonchev–Trinajstić information content (AvgIpc) is 2.83. The van der Waals surface area contributed by atoms with Crippen LogP contribution in [0.5, 0.6) is 0 Å². The van der Waals surface area contributed by atoms with E-state index in [0.717, 1.165) is 17.1 Å². The Labute approximate surface area is 107 Å². The Morgan fingerprint density at radius 3 is 2.72 bits per heavy atom. The molecule has 4 nitrogen and oxygen atoms in total. The minimum absolute atomic E-state index is 0.0382. The molecule has 0 bridgehead atoms. The molecule has 1 aliphatic rings. The standard InChI is InChI=1S/C14H20N2O2/c1-9(2)6-14(17)16-7-11(12(15)8-16)13-5-4-10(3)18-13/h4-6,11-12H,7-8,15H2,1-3H3/t11-,12-/m0/s1. The molecule has 1 amide bonds. The van der Waals surface area contributed by atoms with E-state index in [1.54, 1.807) is 11.0 Å². The smallest absolute Gasteiger partial charge is 0.246 e. The van der Waals surface area contributed by atoms with Gasteiger partial charge in [-0.3, -0.25) is 4.79 Å². The van der Waals surface area contributed by atoms with Crippen molar-refractivity contribution in [2.75, 3.05) is 13.1 Å². The fourth-order valence-corrected chi connectivity index (χ4v) is 2.30. The van der Waals surface area contributed by atoms with Crippen LogP contribution < -0.4 is 5.73 Å². The summed E-state index contributed by atoms with van der Waals surface area (Å²) in [6.45, 7) is 6.97. The number of likely N-dealkylation sites (tertiary alicyclic amines) is 1. The van der Waals surface area contributed by atoms with Crippen molar-refractivity contribution in [3.8, 4) is 0 Å².